The number of nitrogens with one attached hydrogen (secondary N) is 1. The zero-order valence-electron chi connectivity index (χ0n) is 19.8. The van der Waals surface area contributed by atoms with E-state index in [0.717, 1.165) is 10.8 Å². The summed E-state index contributed by atoms with van der Waals surface area (Å²) in [4.78, 5) is 30.4. The number of rotatable bonds is 11. The van der Waals surface area contributed by atoms with E-state index in [4.69, 9.17) is 29.8 Å². The lowest BCUT2D eigenvalue weighted by Gasteiger charge is -2.28. The highest BCUT2D eigenvalue weighted by molar-refractivity contribution is 7.52. The second-order valence-electron chi connectivity index (χ2n) is 8.07. The van der Waals surface area contributed by atoms with Gasteiger partial charge in [-0.25, -0.2) is 14.4 Å². The van der Waals surface area contributed by atoms with Crippen LogP contribution in [0, 0.1) is 0 Å². The maximum Gasteiger partial charge on any atom is 0.459 e. The van der Waals surface area contributed by atoms with Crippen LogP contribution in [0.2, 0.25) is 0 Å². The summed E-state index contributed by atoms with van der Waals surface area (Å²) < 4.78 is 35.8. The topological polar surface area (TPSA) is 233 Å². The van der Waals surface area contributed by atoms with Gasteiger partial charge in [-0.05, 0) is 37.6 Å². The average Bonchev–Trinajstić information content (AvgIpc) is 3.08. The molecule has 1 unspecified atom stereocenters. The van der Waals surface area contributed by atoms with Crippen molar-refractivity contribution in [3.63, 3.8) is 0 Å². The number of aromatic nitrogens is 2. The van der Waals surface area contributed by atoms with Crippen molar-refractivity contribution in [3.05, 3.63) is 63.5 Å². The number of nitrogens with zero attached hydrogens (tertiary/aromatic N) is 5. The molecule has 1 aliphatic heterocycles. The van der Waals surface area contributed by atoms with Crippen LogP contribution in [0.15, 0.2) is 52.5 Å². The molecular formula is C20H26N7O9P. The quantitative estimate of drug-likeness (QED) is 0.102. The van der Waals surface area contributed by atoms with Crippen LogP contribution in [-0.2, 0) is 23.4 Å². The van der Waals surface area contributed by atoms with Crippen molar-refractivity contribution in [2.75, 3.05) is 18.9 Å². The number of aliphatic hydroxyl groups excluding tert-OH is 2. The van der Waals surface area contributed by atoms with Crippen molar-refractivity contribution in [2.45, 2.75) is 44.1 Å². The Kier molecular flexibility index (Phi) is 8.89. The van der Waals surface area contributed by atoms with Gasteiger partial charge in [0.25, 0.3) is 0 Å². The Morgan fingerprint density at radius 3 is 2.70 bits per heavy atom. The number of nitrogen functional groups attached to an aromatic ring is 1. The Balaban J connectivity index is 1.87. The zero-order valence-corrected chi connectivity index (χ0v) is 20.7. The Labute approximate surface area is 210 Å². The SMILES string of the molecule is CC(C)OC(=O)CNP(=O)(OC[C@@]1(N=[N+]=[N-])O[C@@H](n2ccc(N)nc2=O)[C@H](O)[C@@H]1O)Oc1ccccc1. The number of benzene rings is 1. The molecule has 2 aromatic rings. The molecule has 0 saturated carbocycles. The van der Waals surface area contributed by atoms with Crippen LogP contribution in [0.5, 0.6) is 5.75 Å². The molecule has 1 saturated heterocycles. The van der Waals surface area contributed by atoms with E-state index >= 15 is 0 Å². The molecule has 16 nitrogen and oxygen atoms in total. The van der Waals surface area contributed by atoms with E-state index in [1.54, 1.807) is 32.0 Å². The van der Waals surface area contributed by atoms with Gasteiger partial charge in [-0.3, -0.25) is 13.9 Å². The van der Waals surface area contributed by atoms with Crippen molar-refractivity contribution in [3.8, 4) is 5.75 Å². The van der Waals surface area contributed by atoms with Gasteiger partial charge in [0.15, 0.2) is 6.23 Å². The van der Waals surface area contributed by atoms with Gasteiger partial charge < -0.3 is 29.9 Å². The summed E-state index contributed by atoms with van der Waals surface area (Å²) in [5, 5.41) is 27.1. The minimum absolute atomic E-state index is 0.0960. The average molecular weight is 539 g/mol. The number of anilines is 1. The lowest BCUT2D eigenvalue weighted by molar-refractivity contribution is -0.146. The van der Waals surface area contributed by atoms with Gasteiger partial charge in [-0.2, -0.15) is 4.98 Å². The predicted molar refractivity (Wildman–Crippen MR) is 127 cm³/mol. The van der Waals surface area contributed by atoms with Crippen LogP contribution in [-0.4, -0.2) is 62.9 Å². The smallest absolute Gasteiger partial charge is 0.459 e. The van der Waals surface area contributed by atoms with Crippen molar-refractivity contribution in [2.24, 2.45) is 5.11 Å². The minimum Gasteiger partial charge on any atom is -0.462 e. The summed E-state index contributed by atoms with van der Waals surface area (Å²) in [7, 11) is -4.42. The fraction of sp³-hybridized carbons (Fsp3) is 0.450. The van der Waals surface area contributed by atoms with E-state index in [2.05, 4.69) is 20.1 Å². The third-order valence-corrected chi connectivity index (χ3v) is 6.40. The maximum atomic E-state index is 13.5. The second kappa shape index (κ2) is 11.7. The Morgan fingerprint density at radius 1 is 1.38 bits per heavy atom. The number of nitrogens with two attached hydrogens (primary N) is 1. The number of aliphatic hydroxyl groups is 2. The summed E-state index contributed by atoms with van der Waals surface area (Å²) in [6.45, 7) is 1.73. The molecule has 0 aliphatic carbocycles. The highest BCUT2D eigenvalue weighted by Gasteiger charge is 2.56. The molecule has 0 spiro atoms. The first-order chi connectivity index (χ1) is 17.5. The van der Waals surface area contributed by atoms with Crippen molar-refractivity contribution in [1.29, 1.82) is 0 Å². The van der Waals surface area contributed by atoms with Crippen LogP contribution in [0.25, 0.3) is 10.4 Å². The Hall–Kier alpha value is -3.49. The van der Waals surface area contributed by atoms with Gasteiger partial charge in [0.05, 0.1) is 12.7 Å². The van der Waals surface area contributed by atoms with Crippen molar-refractivity contribution < 1.29 is 38.1 Å². The number of hydrogen-bond acceptors (Lipinski definition) is 12. The number of esters is 1. The molecule has 0 radical (unpaired) electrons. The molecular weight excluding hydrogens is 513 g/mol. The highest BCUT2D eigenvalue weighted by atomic mass is 31.2. The Bertz CT molecular complexity index is 1250. The molecule has 5 atom stereocenters. The summed E-state index contributed by atoms with van der Waals surface area (Å²) in [5.74, 6) is -0.762. The zero-order chi connectivity index (χ0) is 27.2. The van der Waals surface area contributed by atoms with Crippen molar-refractivity contribution >= 4 is 19.5 Å². The number of para-hydroxylation sites is 1. The molecule has 2 heterocycles. The molecule has 17 heteroatoms. The highest BCUT2D eigenvalue weighted by Crippen LogP contribution is 2.47. The number of ether oxygens (including phenoxy) is 2. The van der Waals surface area contributed by atoms with Crippen LogP contribution >= 0.6 is 7.75 Å². The first kappa shape index (κ1) is 28.1. The molecule has 3 rings (SSSR count). The number of hydrogen-bond donors (Lipinski definition) is 4. The molecule has 1 aromatic carbocycles. The lowest BCUT2D eigenvalue weighted by Crippen LogP contribution is -2.45. The molecule has 0 amide bonds. The van der Waals surface area contributed by atoms with E-state index in [-0.39, 0.29) is 11.6 Å². The lowest BCUT2D eigenvalue weighted by atomic mass is 10.1. The standard InChI is InChI=1S/C20H26N7O9P/c1-12(2)34-15(28)10-23-37(32,36-13-6-4-3-5-7-13)33-11-20(25-26-22)17(30)16(29)18(35-20)27-9-8-14(21)24-19(27)31/h3-9,12,16-18,29-30H,10-11H2,1-2H3,(H,23,32)(H2,21,24,31)/t16-,17+,18-,20-,37?/m1/s1. The molecule has 200 valence electrons. The Morgan fingerprint density at radius 2 is 2.08 bits per heavy atom. The van der Waals surface area contributed by atoms with Gasteiger partial charge >= 0.3 is 19.4 Å². The van der Waals surface area contributed by atoms with Crippen LogP contribution < -0.4 is 21.0 Å². The minimum atomic E-state index is -4.42. The summed E-state index contributed by atoms with van der Waals surface area (Å²) in [5.41, 5.74) is 11.3. The van der Waals surface area contributed by atoms with E-state index in [1.807, 2.05) is 0 Å². The molecule has 1 fully saturated rings. The number of carbonyl (C=O) groups is 1. The fourth-order valence-corrected chi connectivity index (χ4v) is 4.57. The van der Waals surface area contributed by atoms with Gasteiger partial charge in [0, 0.05) is 11.1 Å². The molecule has 0 bridgehead atoms. The summed E-state index contributed by atoms with van der Waals surface area (Å²) >= 11 is 0. The van der Waals surface area contributed by atoms with E-state index < -0.39 is 62.8 Å². The monoisotopic (exact) mass is 539 g/mol. The van der Waals surface area contributed by atoms with Gasteiger partial charge in [-0.1, -0.05) is 23.3 Å². The van der Waals surface area contributed by atoms with E-state index in [9.17, 15) is 24.4 Å². The summed E-state index contributed by atoms with van der Waals surface area (Å²) in [6, 6.07) is 9.05. The number of azide groups is 1. The van der Waals surface area contributed by atoms with Gasteiger partial charge in [0.2, 0.25) is 5.72 Å². The molecule has 37 heavy (non-hydrogen) atoms. The molecule has 1 aliphatic rings. The maximum absolute atomic E-state index is 13.5. The third-order valence-electron chi connectivity index (χ3n) is 4.94. The fourth-order valence-electron chi connectivity index (χ4n) is 3.29. The normalized spacial score (nSPS) is 24.7. The van der Waals surface area contributed by atoms with E-state index in [1.165, 1.54) is 18.2 Å². The first-order valence-electron chi connectivity index (χ1n) is 10.9. The molecule has 1 aromatic heterocycles. The largest absolute Gasteiger partial charge is 0.462 e. The third kappa shape index (κ3) is 6.84. The molecule has 5 N–H and O–H groups in total. The van der Waals surface area contributed by atoms with Crippen LogP contribution in [0.3, 0.4) is 0 Å². The summed E-state index contributed by atoms with van der Waals surface area (Å²) in [6.07, 6.45) is -4.61. The predicted octanol–water partition coefficient (Wildman–Crippen LogP) is 0.828. The first-order valence-corrected chi connectivity index (χ1v) is 12.4. The van der Waals surface area contributed by atoms with Crippen LogP contribution in [0.4, 0.5) is 5.82 Å². The second-order valence-corrected chi connectivity index (χ2v) is 9.82. The van der Waals surface area contributed by atoms with Crippen LogP contribution in [0.1, 0.15) is 20.1 Å². The van der Waals surface area contributed by atoms with Gasteiger partial charge in [-0.15, -0.1) is 0 Å². The van der Waals surface area contributed by atoms with Gasteiger partial charge in [0.1, 0.15) is 30.3 Å². The van der Waals surface area contributed by atoms with Crippen molar-refractivity contribution in [1.82, 2.24) is 14.6 Å². The number of carbonyl (C=O) groups excluding carboxylic acids is 1. The van der Waals surface area contributed by atoms with E-state index in [0.29, 0.717) is 0 Å².